The first kappa shape index (κ1) is 48.8. The molecule has 3 amide bonds. The Hall–Kier alpha value is -3.25. The minimum Gasteiger partial charge on any atom is -0.385 e. The third-order valence-electron chi connectivity index (χ3n) is 8.26. The van der Waals surface area contributed by atoms with E-state index in [1.54, 1.807) is 21.3 Å². The number of methoxy groups -OCH3 is 3. The molecular weight excluding hydrogens is 708 g/mol. The van der Waals surface area contributed by atoms with Gasteiger partial charge in [-0.15, -0.1) is 0 Å². The molecule has 0 saturated heterocycles. The van der Waals surface area contributed by atoms with Gasteiger partial charge in [0.05, 0.1) is 46.2 Å². The summed E-state index contributed by atoms with van der Waals surface area (Å²) in [7, 11) is 4.71. The molecule has 16 heteroatoms. The van der Waals surface area contributed by atoms with Crippen LogP contribution in [0.1, 0.15) is 83.5 Å². The zero-order valence-corrected chi connectivity index (χ0v) is 32.5. The highest BCUT2D eigenvalue weighted by atomic mass is 16.5. The van der Waals surface area contributed by atoms with Gasteiger partial charge in [-0.2, -0.15) is 0 Å². The van der Waals surface area contributed by atoms with Crippen LogP contribution >= 0.6 is 0 Å². The summed E-state index contributed by atoms with van der Waals surface area (Å²) in [5.41, 5.74) is -1.21. The summed E-state index contributed by atoms with van der Waals surface area (Å²) >= 11 is 0. The third kappa shape index (κ3) is 24.2. The van der Waals surface area contributed by atoms with E-state index < -0.39 is 23.3 Å². The molecule has 1 N–H and O–H groups in total. The smallest absolute Gasteiger partial charge is 0.253 e. The maximum Gasteiger partial charge on any atom is 0.253 e. The van der Waals surface area contributed by atoms with Crippen LogP contribution in [0, 0.1) is 0 Å². The fraction of sp³-hybridized carbons (Fsp3) is 0.763. The van der Waals surface area contributed by atoms with E-state index in [4.69, 9.17) is 33.2 Å². The number of carbonyl (C=O) groups is 7. The Morgan fingerprint density at radius 1 is 0.500 bits per heavy atom. The van der Waals surface area contributed by atoms with Gasteiger partial charge < -0.3 is 38.5 Å². The van der Waals surface area contributed by atoms with Gasteiger partial charge in [0.25, 0.3) is 11.8 Å². The molecule has 0 fully saturated rings. The van der Waals surface area contributed by atoms with Crippen molar-refractivity contribution in [2.24, 2.45) is 0 Å². The SMILES string of the molecule is COCCCC(=O)CCOCC(COCCC(=O)CCCOC)(COCCC(=O)CCCOC)NC(=O)CCOCCCC(=O)CCN1C(=O)C=CC1=O. The number of carbonyl (C=O) groups excluding carboxylic acids is 7. The van der Waals surface area contributed by atoms with Crippen LogP contribution in [0.3, 0.4) is 0 Å². The number of nitrogens with zero attached hydrogens (tertiary/aromatic N) is 1. The number of hydrogen-bond donors (Lipinski definition) is 1. The van der Waals surface area contributed by atoms with Crippen molar-refractivity contribution < 1.29 is 66.7 Å². The predicted octanol–water partition coefficient (Wildman–Crippen LogP) is 2.12. The summed E-state index contributed by atoms with van der Waals surface area (Å²) in [4.78, 5) is 86.7. The number of ketones is 4. The van der Waals surface area contributed by atoms with Crippen molar-refractivity contribution in [1.82, 2.24) is 10.2 Å². The molecule has 0 atom stereocenters. The van der Waals surface area contributed by atoms with E-state index >= 15 is 0 Å². The lowest BCUT2D eigenvalue weighted by Gasteiger charge is -2.34. The van der Waals surface area contributed by atoms with Crippen LogP contribution in [-0.4, -0.2) is 152 Å². The molecule has 0 saturated carbocycles. The van der Waals surface area contributed by atoms with Crippen LogP contribution in [0.25, 0.3) is 0 Å². The highest BCUT2D eigenvalue weighted by Crippen LogP contribution is 2.13. The fourth-order valence-corrected chi connectivity index (χ4v) is 5.22. The largest absolute Gasteiger partial charge is 0.385 e. The average Bonchev–Trinajstić information content (AvgIpc) is 3.47. The van der Waals surface area contributed by atoms with Gasteiger partial charge in [0.15, 0.2) is 0 Å². The summed E-state index contributed by atoms with van der Waals surface area (Å²) in [5.74, 6) is -1.32. The molecule has 1 aliphatic heterocycles. The van der Waals surface area contributed by atoms with Crippen molar-refractivity contribution in [2.75, 3.05) is 101 Å². The van der Waals surface area contributed by atoms with E-state index in [1.165, 1.54) is 12.2 Å². The van der Waals surface area contributed by atoms with E-state index in [1.807, 2.05) is 0 Å². The molecule has 0 aromatic rings. The maximum atomic E-state index is 13.3. The Labute approximate surface area is 319 Å². The molecule has 0 unspecified atom stereocenters. The topological polar surface area (TPSA) is 199 Å². The lowest BCUT2D eigenvalue weighted by molar-refractivity contribution is -0.137. The molecule has 0 bridgehead atoms. The lowest BCUT2D eigenvalue weighted by atomic mass is 10.0. The summed E-state index contributed by atoms with van der Waals surface area (Å²) < 4.78 is 38.4. The quantitative estimate of drug-likeness (QED) is 0.0707. The predicted molar refractivity (Wildman–Crippen MR) is 196 cm³/mol. The molecule has 0 aliphatic carbocycles. The highest BCUT2D eigenvalue weighted by Gasteiger charge is 2.34. The highest BCUT2D eigenvalue weighted by molar-refractivity contribution is 6.13. The molecule has 0 aromatic heterocycles. The molecule has 0 radical (unpaired) electrons. The van der Waals surface area contributed by atoms with Crippen LogP contribution < -0.4 is 5.32 Å². The fourth-order valence-electron chi connectivity index (χ4n) is 5.22. The first-order valence-corrected chi connectivity index (χ1v) is 18.7. The second-order valence-corrected chi connectivity index (χ2v) is 13.1. The standard InChI is InChI=1S/C38H62N2O14/c1-48-20-4-8-32(42)15-24-52-28-38(29-53-25-16-33(43)9-5-21-49-2,30-54-26-17-34(44)10-6-22-50-3)39-35(45)18-27-51-23-7-11-31(41)14-19-40-36(46)12-13-37(40)47/h12-13H,4-11,14-30H2,1-3H3,(H,39,45). The molecule has 54 heavy (non-hydrogen) atoms. The zero-order chi connectivity index (χ0) is 39.9. The monoisotopic (exact) mass is 770 g/mol. The summed E-state index contributed by atoms with van der Waals surface area (Å²) in [6, 6.07) is 0. The van der Waals surface area contributed by atoms with E-state index in [-0.39, 0.29) is 121 Å². The summed E-state index contributed by atoms with van der Waals surface area (Å²) in [6.07, 6.45) is 6.36. The van der Waals surface area contributed by atoms with Crippen molar-refractivity contribution >= 4 is 40.9 Å². The number of nitrogens with one attached hydrogen (secondary N) is 1. The Morgan fingerprint density at radius 3 is 1.28 bits per heavy atom. The number of imide groups is 1. The van der Waals surface area contributed by atoms with Crippen LogP contribution in [0.15, 0.2) is 12.2 Å². The molecule has 308 valence electrons. The van der Waals surface area contributed by atoms with E-state index in [2.05, 4.69) is 5.32 Å². The van der Waals surface area contributed by atoms with Crippen LogP contribution in [0.2, 0.25) is 0 Å². The number of Topliss-reactive ketones (excluding diaryl/α,β-unsaturated/α-hetero) is 4. The van der Waals surface area contributed by atoms with Crippen molar-refractivity contribution in [3.05, 3.63) is 12.2 Å². The van der Waals surface area contributed by atoms with E-state index in [0.717, 1.165) is 4.90 Å². The average molecular weight is 771 g/mol. The Balaban J connectivity index is 2.78. The second-order valence-electron chi connectivity index (χ2n) is 13.1. The minimum absolute atomic E-state index is 0.0149. The lowest BCUT2D eigenvalue weighted by Crippen LogP contribution is -2.59. The summed E-state index contributed by atoms with van der Waals surface area (Å²) in [5, 5.41) is 2.96. The van der Waals surface area contributed by atoms with Gasteiger partial charge in [-0.1, -0.05) is 0 Å². The Bertz CT molecular complexity index is 1080. The van der Waals surface area contributed by atoms with Gasteiger partial charge in [0.1, 0.15) is 28.7 Å². The molecule has 0 spiro atoms. The number of ether oxygens (including phenoxy) is 7. The maximum absolute atomic E-state index is 13.3. The molecule has 0 aromatic carbocycles. The van der Waals surface area contributed by atoms with Crippen molar-refractivity contribution in [3.8, 4) is 0 Å². The second kappa shape index (κ2) is 31.0. The summed E-state index contributed by atoms with van der Waals surface area (Å²) in [6.45, 7) is 1.84. The van der Waals surface area contributed by atoms with Crippen LogP contribution in [-0.2, 0) is 66.7 Å². The van der Waals surface area contributed by atoms with Gasteiger partial charge in [-0.3, -0.25) is 38.5 Å². The molecule has 1 heterocycles. The van der Waals surface area contributed by atoms with Crippen LogP contribution in [0.5, 0.6) is 0 Å². The first-order valence-electron chi connectivity index (χ1n) is 18.7. The molecular formula is C38H62N2O14. The third-order valence-corrected chi connectivity index (χ3v) is 8.26. The van der Waals surface area contributed by atoms with Gasteiger partial charge in [0.2, 0.25) is 5.91 Å². The van der Waals surface area contributed by atoms with Gasteiger partial charge >= 0.3 is 0 Å². The van der Waals surface area contributed by atoms with Crippen molar-refractivity contribution in [3.63, 3.8) is 0 Å². The van der Waals surface area contributed by atoms with E-state index in [0.29, 0.717) is 64.8 Å². The number of hydrogen-bond acceptors (Lipinski definition) is 14. The van der Waals surface area contributed by atoms with E-state index in [9.17, 15) is 33.6 Å². The molecule has 1 aliphatic rings. The number of rotatable bonds is 38. The van der Waals surface area contributed by atoms with Crippen LogP contribution in [0.4, 0.5) is 0 Å². The van der Waals surface area contributed by atoms with Gasteiger partial charge in [0, 0.05) is 124 Å². The first-order chi connectivity index (χ1) is 26.1. The van der Waals surface area contributed by atoms with Crippen molar-refractivity contribution in [1.29, 1.82) is 0 Å². The Kier molecular flexibility index (Phi) is 28.0. The molecule has 16 nitrogen and oxygen atoms in total. The zero-order valence-electron chi connectivity index (χ0n) is 32.5. The minimum atomic E-state index is -1.21. The molecule has 1 rings (SSSR count). The van der Waals surface area contributed by atoms with Gasteiger partial charge in [-0.05, 0) is 25.7 Å². The Morgan fingerprint density at radius 2 is 0.870 bits per heavy atom. The van der Waals surface area contributed by atoms with Crippen molar-refractivity contribution in [2.45, 2.75) is 89.0 Å². The number of amides is 3. The normalized spacial score (nSPS) is 12.8. The van der Waals surface area contributed by atoms with Gasteiger partial charge in [-0.25, -0.2) is 0 Å².